The molecule has 0 spiro atoms. The molecule has 0 amide bonds. The van der Waals surface area contributed by atoms with E-state index in [0.717, 1.165) is 5.56 Å². The van der Waals surface area contributed by atoms with E-state index in [0.29, 0.717) is 29.1 Å². The molecular weight excluding hydrogens is 350 g/mol. The van der Waals surface area contributed by atoms with Gasteiger partial charge in [-0.3, -0.25) is 4.79 Å². The molecule has 4 heteroatoms. The molecular formula is C24H21NO3. The summed E-state index contributed by atoms with van der Waals surface area (Å²) in [6.07, 6.45) is 1.55. The Morgan fingerprint density at radius 2 is 1.39 bits per heavy atom. The van der Waals surface area contributed by atoms with Gasteiger partial charge in [0.25, 0.3) is 0 Å². The fraction of sp³-hybridized carbons (Fsp3) is 0.0833. The number of hydrogen-bond acceptors (Lipinski definition) is 4. The number of allylic oxidation sites excluding steroid dienone is 1. The fourth-order valence-electron chi connectivity index (χ4n) is 2.75. The van der Waals surface area contributed by atoms with Gasteiger partial charge < -0.3 is 10.1 Å². The van der Waals surface area contributed by atoms with Crippen molar-refractivity contribution in [3.05, 3.63) is 108 Å². The summed E-state index contributed by atoms with van der Waals surface area (Å²) in [5.41, 5.74) is 3.03. The van der Waals surface area contributed by atoms with Gasteiger partial charge in [-0.05, 0) is 24.6 Å². The Morgan fingerprint density at radius 3 is 2.04 bits per heavy atom. The zero-order valence-corrected chi connectivity index (χ0v) is 15.6. The largest absolute Gasteiger partial charge is 0.462 e. The molecule has 1 N–H and O–H groups in total. The van der Waals surface area contributed by atoms with Crippen LogP contribution >= 0.6 is 0 Å². The predicted octanol–water partition coefficient (Wildman–Crippen LogP) is 5.20. The quantitative estimate of drug-likeness (QED) is 0.352. The number of para-hydroxylation sites is 1. The molecule has 0 saturated carbocycles. The number of ether oxygens (including phenoxy) is 1. The first-order chi connectivity index (χ1) is 13.7. The SMILES string of the molecule is CCOC(=O)c1ccccc1N/C(=C\C(=O)c1ccccc1)c1ccccc1. The van der Waals surface area contributed by atoms with Gasteiger partial charge in [-0.1, -0.05) is 72.8 Å². The van der Waals surface area contributed by atoms with E-state index in [1.54, 1.807) is 43.3 Å². The van der Waals surface area contributed by atoms with Crippen LogP contribution in [0.5, 0.6) is 0 Å². The molecule has 0 aliphatic rings. The Hall–Kier alpha value is -3.66. The van der Waals surface area contributed by atoms with Crippen LogP contribution in [0, 0.1) is 0 Å². The molecule has 3 aromatic carbocycles. The van der Waals surface area contributed by atoms with Crippen LogP contribution in [0.1, 0.15) is 33.2 Å². The van der Waals surface area contributed by atoms with E-state index >= 15 is 0 Å². The molecule has 3 rings (SSSR count). The molecule has 140 valence electrons. The van der Waals surface area contributed by atoms with Gasteiger partial charge in [0.2, 0.25) is 0 Å². The lowest BCUT2D eigenvalue weighted by molar-refractivity contribution is 0.0527. The third kappa shape index (κ3) is 4.74. The van der Waals surface area contributed by atoms with Crippen LogP contribution in [-0.2, 0) is 4.74 Å². The van der Waals surface area contributed by atoms with Crippen LogP contribution in [-0.4, -0.2) is 18.4 Å². The minimum Gasteiger partial charge on any atom is -0.462 e. The Morgan fingerprint density at radius 1 is 0.821 bits per heavy atom. The lowest BCUT2D eigenvalue weighted by Crippen LogP contribution is -2.10. The summed E-state index contributed by atoms with van der Waals surface area (Å²) in [7, 11) is 0. The smallest absolute Gasteiger partial charge is 0.340 e. The van der Waals surface area contributed by atoms with Crippen molar-refractivity contribution in [2.45, 2.75) is 6.92 Å². The highest BCUT2D eigenvalue weighted by Crippen LogP contribution is 2.23. The highest BCUT2D eigenvalue weighted by Gasteiger charge is 2.14. The summed E-state index contributed by atoms with van der Waals surface area (Å²) in [6.45, 7) is 2.06. The predicted molar refractivity (Wildman–Crippen MR) is 111 cm³/mol. The molecule has 28 heavy (non-hydrogen) atoms. The maximum absolute atomic E-state index is 12.7. The van der Waals surface area contributed by atoms with Crippen molar-refractivity contribution >= 4 is 23.1 Å². The number of hydrogen-bond donors (Lipinski definition) is 1. The van der Waals surface area contributed by atoms with E-state index in [-0.39, 0.29) is 5.78 Å². The Balaban J connectivity index is 1.99. The maximum Gasteiger partial charge on any atom is 0.340 e. The average molecular weight is 371 g/mol. The van der Waals surface area contributed by atoms with Crippen molar-refractivity contribution in [3.8, 4) is 0 Å². The van der Waals surface area contributed by atoms with Crippen LogP contribution in [0.3, 0.4) is 0 Å². The Kier molecular flexibility index (Phi) is 6.37. The van der Waals surface area contributed by atoms with E-state index < -0.39 is 5.97 Å². The second-order valence-corrected chi connectivity index (χ2v) is 6.05. The number of rotatable bonds is 7. The van der Waals surface area contributed by atoms with Crippen LogP contribution < -0.4 is 5.32 Å². The van der Waals surface area contributed by atoms with E-state index in [1.807, 2.05) is 54.6 Å². The van der Waals surface area contributed by atoms with Gasteiger partial charge in [0.05, 0.1) is 17.9 Å². The summed E-state index contributed by atoms with van der Waals surface area (Å²) in [4.78, 5) is 25.0. The van der Waals surface area contributed by atoms with Gasteiger partial charge in [0.15, 0.2) is 5.78 Å². The molecule has 0 aromatic heterocycles. The molecule has 0 bridgehead atoms. The summed E-state index contributed by atoms with van der Waals surface area (Å²) >= 11 is 0. The minimum absolute atomic E-state index is 0.124. The maximum atomic E-state index is 12.7. The third-order valence-electron chi connectivity index (χ3n) is 4.11. The number of anilines is 1. The standard InChI is InChI=1S/C24H21NO3/c1-2-28-24(27)20-15-9-10-16-21(20)25-22(18-11-5-3-6-12-18)17-23(26)19-13-7-4-8-14-19/h3-17,25H,2H2,1H3/b22-17-. The number of carbonyl (C=O) groups is 2. The van der Waals surface area contributed by atoms with Gasteiger partial charge in [0.1, 0.15) is 0 Å². The Bertz CT molecular complexity index is 979. The van der Waals surface area contributed by atoms with Crippen molar-refractivity contribution in [3.63, 3.8) is 0 Å². The van der Waals surface area contributed by atoms with E-state index in [4.69, 9.17) is 4.74 Å². The first kappa shape index (κ1) is 19.1. The molecule has 0 atom stereocenters. The molecule has 0 aliphatic carbocycles. The van der Waals surface area contributed by atoms with Crippen molar-refractivity contribution in [2.24, 2.45) is 0 Å². The molecule has 0 unspecified atom stereocenters. The van der Waals surface area contributed by atoms with Crippen molar-refractivity contribution in [1.29, 1.82) is 0 Å². The van der Waals surface area contributed by atoms with Crippen LogP contribution in [0.15, 0.2) is 91.0 Å². The highest BCUT2D eigenvalue weighted by atomic mass is 16.5. The normalized spacial score (nSPS) is 11.0. The van der Waals surface area contributed by atoms with Gasteiger partial charge in [0, 0.05) is 17.3 Å². The lowest BCUT2D eigenvalue weighted by atomic mass is 10.1. The molecule has 0 fully saturated rings. The van der Waals surface area contributed by atoms with Crippen molar-refractivity contribution in [2.75, 3.05) is 11.9 Å². The summed E-state index contributed by atoms with van der Waals surface area (Å²) in [6, 6.07) is 25.7. The summed E-state index contributed by atoms with van der Waals surface area (Å²) in [5, 5.41) is 3.24. The monoisotopic (exact) mass is 371 g/mol. The number of esters is 1. The number of ketones is 1. The third-order valence-corrected chi connectivity index (χ3v) is 4.11. The van der Waals surface area contributed by atoms with E-state index in [9.17, 15) is 9.59 Å². The topological polar surface area (TPSA) is 55.4 Å². The number of benzene rings is 3. The van der Waals surface area contributed by atoms with Crippen molar-refractivity contribution in [1.82, 2.24) is 0 Å². The summed E-state index contributed by atoms with van der Waals surface area (Å²) in [5.74, 6) is -0.534. The van der Waals surface area contributed by atoms with Gasteiger partial charge in [-0.25, -0.2) is 4.79 Å². The van der Waals surface area contributed by atoms with Crippen LogP contribution in [0.4, 0.5) is 5.69 Å². The molecule has 4 nitrogen and oxygen atoms in total. The zero-order chi connectivity index (χ0) is 19.8. The van der Waals surface area contributed by atoms with E-state index in [1.165, 1.54) is 0 Å². The fourth-order valence-corrected chi connectivity index (χ4v) is 2.75. The second-order valence-electron chi connectivity index (χ2n) is 6.05. The van der Waals surface area contributed by atoms with Gasteiger partial charge in [-0.15, -0.1) is 0 Å². The van der Waals surface area contributed by atoms with Crippen LogP contribution in [0.25, 0.3) is 5.70 Å². The number of nitrogens with one attached hydrogen (secondary N) is 1. The molecule has 0 heterocycles. The van der Waals surface area contributed by atoms with Gasteiger partial charge >= 0.3 is 5.97 Å². The highest BCUT2D eigenvalue weighted by molar-refractivity contribution is 6.10. The average Bonchev–Trinajstić information content (AvgIpc) is 2.75. The van der Waals surface area contributed by atoms with Crippen LogP contribution in [0.2, 0.25) is 0 Å². The van der Waals surface area contributed by atoms with Gasteiger partial charge in [-0.2, -0.15) is 0 Å². The minimum atomic E-state index is -0.410. The Labute approximate surface area is 164 Å². The molecule has 3 aromatic rings. The lowest BCUT2D eigenvalue weighted by Gasteiger charge is -2.15. The molecule has 0 radical (unpaired) electrons. The summed E-state index contributed by atoms with van der Waals surface area (Å²) < 4.78 is 5.14. The second kappa shape index (κ2) is 9.33. The van der Waals surface area contributed by atoms with Crippen molar-refractivity contribution < 1.29 is 14.3 Å². The zero-order valence-electron chi connectivity index (χ0n) is 15.6. The first-order valence-electron chi connectivity index (χ1n) is 9.08. The first-order valence-corrected chi connectivity index (χ1v) is 9.08. The molecule has 0 aliphatic heterocycles. The molecule has 0 saturated heterocycles. The van der Waals surface area contributed by atoms with E-state index in [2.05, 4.69) is 5.32 Å². The number of carbonyl (C=O) groups excluding carboxylic acids is 2.